The number of rotatable bonds is 7. The third kappa shape index (κ3) is 5.40. The predicted octanol–water partition coefficient (Wildman–Crippen LogP) is 5.23. The first-order valence-corrected chi connectivity index (χ1v) is 12.9. The van der Waals surface area contributed by atoms with E-state index in [4.69, 9.17) is 11.6 Å². The number of fused-ring (bicyclic) bond motifs is 1. The van der Waals surface area contributed by atoms with Crippen molar-refractivity contribution in [3.63, 3.8) is 0 Å². The van der Waals surface area contributed by atoms with Gasteiger partial charge in [0.15, 0.2) is 0 Å². The minimum atomic E-state index is -3.70. The number of carbonyl (C=O) groups excluding carboxylic acids is 1. The molecule has 5 nitrogen and oxygen atoms in total. The molecule has 0 saturated carbocycles. The molecular weight excluding hydrogens is 456 g/mol. The molecule has 0 fully saturated rings. The summed E-state index contributed by atoms with van der Waals surface area (Å²) in [7, 11) is -3.70. The summed E-state index contributed by atoms with van der Waals surface area (Å²) in [5, 5.41) is 3.55. The lowest BCUT2D eigenvalue weighted by Crippen LogP contribution is -2.36. The Morgan fingerprint density at radius 2 is 1.79 bits per heavy atom. The first kappa shape index (κ1) is 23.3. The third-order valence-electron chi connectivity index (χ3n) is 5.91. The molecular formula is C26H27ClN2O3S. The zero-order valence-electron chi connectivity index (χ0n) is 18.5. The number of aryl methyl sites for hydroxylation is 2. The van der Waals surface area contributed by atoms with E-state index in [0.29, 0.717) is 29.2 Å². The van der Waals surface area contributed by atoms with Gasteiger partial charge in [0.1, 0.15) is 0 Å². The summed E-state index contributed by atoms with van der Waals surface area (Å²) in [5.74, 6) is -0.143. The summed E-state index contributed by atoms with van der Waals surface area (Å²) in [6.07, 6.45) is 3.16. The lowest BCUT2D eigenvalue weighted by molar-refractivity contribution is 0.0938. The summed E-state index contributed by atoms with van der Waals surface area (Å²) < 4.78 is 27.9. The highest BCUT2D eigenvalue weighted by molar-refractivity contribution is 7.92. The van der Waals surface area contributed by atoms with E-state index in [1.807, 2.05) is 31.2 Å². The number of nitrogens with one attached hydrogen (secondary N) is 1. The van der Waals surface area contributed by atoms with Gasteiger partial charge in [-0.25, -0.2) is 8.42 Å². The van der Waals surface area contributed by atoms with Crippen LogP contribution in [0.5, 0.6) is 0 Å². The Hall–Kier alpha value is -2.83. The number of anilines is 1. The Morgan fingerprint density at radius 1 is 1.06 bits per heavy atom. The summed E-state index contributed by atoms with van der Waals surface area (Å²) in [6, 6.07) is 21.7. The number of benzene rings is 3. The molecule has 1 amide bonds. The van der Waals surface area contributed by atoms with E-state index in [1.165, 1.54) is 22.0 Å². The van der Waals surface area contributed by atoms with Crippen LogP contribution in [0, 0.1) is 0 Å². The Morgan fingerprint density at radius 3 is 2.52 bits per heavy atom. The van der Waals surface area contributed by atoms with E-state index >= 15 is 0 Å². The van der Waals surface area contributed by atoms with Crippen LogP contribution in [-0.2, 0) is 22.9 Å². The molecule has 0 aromatic heterocycles. The highest BCUT2D eigenvalue weighted by atomic mass is 35.5. The van der Waals surface area contributed by atoms with E-state index in [2.05, 4.69) is 17.4 Å². The van der Waals surface area contributed by atoms with Crippen LogP contribution in [0.15, 0.2) is 77.7 Å². The van der Waals surface area contributed by atoms with Crippen molar-refractivity contribution in [2.45, 2.75) is 43.5 Å². The zero-order valence-corrected chi connectivity index (χ0v) is 20.1. The number of carbonyl (C=O) groups is 1. The van der Waals surface area contributed by atoms with Gasteiger partial charge in [-0.05, 0) is 86.2 Å². The average molecular weight is 483 g/mol. The molecule has 0 spiro atoms. The maximum absolute atomic E-state index is 13.2. The SMILES string of the molecule is CC(CCc1ccccc1)NC(=O)c1ccc2c(c1)CCCN2S(=O)(=O)c1ccc(Cl)cc1. The fraction of sp³-hybridized carbons (Fsp3) is 0.269. The molecule has 172 valence electrons. The third-order valence-corrected chi connectivity index (χ3v) is 7.99. The molecule has 33 heavy (non-hydrogen) atoms. The molecule has 3 aromatic rings. The minimum absolute atomic E-state index is 0.0236. The first-order chi connectivity index (χ1) is 15.8. The number of sulfonamides is 1. The summed E-state index contributed by atoms with van der Waals surface area (Å²) >= 11 is 5.92. The van der Waals surface area contributed by atoms with Crippen LogP contribution in [0.4, 0.5) is 5.69 Å². The van der Waals surface area contributed by atoms with Gasteiger partial charge in [-0.3, -0.25) is 9.10 Å². The molecule has 0 bridgehead atoms. The second-order valence-electron chi connectivity index (χ2n) is 8.38. The standard InChI is InChI=1S/C26H27ClN2O3S/c1-19(9-10-20-6-3-2-4-7-20)28-26(30)22-11-16-25-21(18-22)8-5-17-29(25)33(31,32)24-14-12-23(27)13-15-24/h2-4,6-7,11-16,18-19H,5,8-10,17H2,1H3,(H,28,30). The van der Waals surface area contributed by atoms with Gasteiger partial charge in [-0.15, -0.1) is 0 Å². The van der Waals surface area contributed by atoms with Crippen LogP contribution < -0.4 is 9.62 Å². The van der Waals surface area contributed by atoms with Gasteiger partial charge in [0, 0.05) is 23.2 Å². The number of nitrogens with zero attached hydrogens (tertiary/aromatic N) is 1. The van der Waals surface area contributed by atoms with Gasteiger partial charge in [0.05, 0.1) is 10.6 Å². The van der Waals surface area contributed by atoms with Crippen molar-refractivity contribution in [1.29, 1.82) is 0 Å². The monoisotopic (exact) mass is 482 g/mol. The molecule has 1 heterocycles. The van der Waals surface area contributed by atoms with Crippen molar-refractivity contribution >= 4 is 33.2 Å². The Balaban J connectivity index is 1.47. The van der Waals surface area contributed by atoms with Gasteiger partial charge >= 0.3 is 0 Å². The molecule has 0 saturated heterocycles. The van der Waals surface area contributed by atoms with Crippen LogP contribution in [0.2, 0.25) is 5.02 Å². The van der Waals surface area contributed by atoms with Gasteiger partial charge in [0.25, 0.3) is 15.9 Å². The highest BCUT2D eigenvalue weighted by Crippen LogP contribution is 2.33. The molecule has 1 aliphatic rings. The van der Waals surface area contributed by atoms with Crippen molar-refractivity contribution in [3.05, 3.63) is 94.5 Å². The van der Waals surface area contributed by atoms with Crippen molar-refractivity contribution in [2.75, 3.05) is 10.8 Å². The summed E-state index contributed by atoms with van der Waals surface area (Å²) in [6.45, 7) is 2.40. The van der Waals surface area contributed by atoms with E-state index in [-0.39, 0.29) is 16.8 Å². The molecule has 7 heteroatoms. The minimum Gasteiger partial charge on any atom is -0.350 e. The Bertz CT molecular complexity index is 1230. The molecule has 4 rings (SSSR count). The quantitative estimate of drug-likeness (QED) is 0.501. The topological polar surface area (TPSA) is 66.5 Å². The number of amides is 1. The van der Waals surface area contributed by atoms with Crippen molar-refractivity contribution in [3.8, 4) is 0 Å². The first-order valence-electron chi connectivity index (χ1n) is 11.1. The molecule has 1 aliphatic heterocycles. The van der Waals surface area contributed by atoms with Gasteiger partial charge < -0.3 is 5.32 Å². The molecule has 3 aromatic carbocycles. The summed E-state index contributed by atoms with van der Waals surface area (Å²) in [4.78, 5) is 13.0. The normalized spacial score (nSPS) is 14.4. The van der Waals surface area contributed by atoms with Crippen LogP contribution >= 0.6 is 11.6 Å². The fourth-order valence-electron chi connectivity index (χ4n) is 4.09. The largest absolute Gasteiger partial charge is 0.350 e. The van der Waals surface area contributed by atoms with E-state index < -0.39 is 10.0 Å². The van der Waals surface area contributed by atoms with E-state index in [1.54, 1.807) is 24.3 Å². The van der Waals surface area contributed by atoms with Gasteiger partial charge in [0.2, 0.25) is 0 Å². The second-order valence-corrected chi connectivity index (χ2v) is 10.7. The maximum Gasteiger partial charge on any atom is 0.264 e. The van der Waals surface area contributed by atoms with Crippen molar-refractivity contribution in [2.24, 2.45) is 0 Å². The molecule has 0 aliphatic carbocycles. The second kappa shape index (κ2) is 9.98. The van der Waals surface area contributed by atoms with Gasteiger partial charge in [-0.1, -0.05) is 41.9 Å². The molecule has 1 atom stereocenters. The van der Waals surface area contributed by atoms with Gasteiger partial charge in [-0.2, -0.15) is 0 Å². The highest BCUT2D eigenvalue weighted by Gasteiger charge is 2.29. The summed E-state index contributed by atoms with van der Waals surface area (Å²) in [5.41, 5.74) is 3.29. The Labute approximate surface area is 200 Å². The number of hydrogen-bond donors (Lipinski definition) is 1. The van der Waals surface area contributed by atoms with Crippen LogP contribution in [0.1, 0.15) is 41.3 Å². The Kier molecular flexibility index (Phi) is 7.05. The van der Waals surface area contributed by atoms with Crippen LogP contribution in [0.25, 0.3) is 0 Å². The predicted molar refractivity (Wildman–Crippen MR) is 132 cm³/mol. The average Bonchev–Trinajstić information content (AvgIpc) is 2.83. The van der Waals surface area contributed by atoms with E-state index in [0.717, 1.165) is 24.8 Å². The smallest absolute Gasteiger partial charge is 0.264 e. The van der Waals surface area contributed by atoms with Crippen LogP contribution in [-0.4, -0.2) is 26.9 Å². The zero-order chi connectivity index (χ0) is 23.4. The lowest BCUT2D eigenvalue weighted by atomic mass is 10.00. The fourth-order valence-corrected chi connectivity index (χ4v) is 5.76. The number of halogens is 1. The molecule has 1 unspecified atom stereocenters. The van der Waals surface area contributed by atoms with Crippen LogP contribution in [0.3, 0.4) is 0 Å². The van der Waals surface area contributed by atoms with E-state index in [9.17, 15) is 13.2 Å². The molecule has 0 radical (unpaired) electrons. The van der Waals surface area contributed by atoms with Crippen molar-refractivity contribution < 1.29 is 13.2 Å². The van der Waals surface area contributed by atoms with Crippen molar-refractivity contribution in [1.82, 2.24) is 5.32 Å². The lowest BCUT2D eigenvalue weighted by Gasteiger charge is -2.31. The number of hydrogen-bond acceptors (Lipinski definition) is 3. The molecule has 1 N–H and O–H groups in total. The maximum atomic E-state index is 13.2.